The number of amides is 1. The molecule has 0 aromatic carbocycles. The third kappa shape index (κ3) is 2.51. The van der Waals surface area contributed by atoms with E-state index in [0.29, 0.717) is 6.04 Å². The highest BCUT2D eigenvalue weighted by Crippen LogP contribution is 2.17. The molecule has 1 unspecified atom stereocenters. The first kappa shape index (κ1) is 10.1. The van der Waals surface area contributed by atoms with Crippen molar-refractivity contribution in [2.45, 2.75) is 18.9 Å². The van der Waals surface area contributed by atoms with E-state index in [0.717, 1.165) is 17.1 Å². The fourth-order valence-corrected chi connectivity index (χ4v) is 3.22. The van der Waals surface area contributed by atoms with Crippen LogP contribution >= 0.6 is 23.1 Å². The average Bonchev–Trinajstić information content (AvgIpc) is 2.72. The van der Waals surface area contributed by atoms with Crippen molar-refractivity contribution in [2.24, 2.45) is 0 Å². The second-order valence-electron chi connectivity index (χ2n) is 3.36. The predicted molar refractivity (Wildman–Crippen MR) is 62.1 cm³/mol. The summed E-state index contributed by atoms with van der Waals surface area (Å²) in [5.74, 6) is 2.40. The van der Waals surface area contributed by atoms with E-state index in [9.17, 15) is 4.79 Å². The summed E-state index contributed by atoms with van der Waals surface area (Å²) in [6, 6.07) is 4.16. The highest BCUT2D eigenvalue weighted by atomic mass is 32.2. The van der Waals surface area contributed by atoms with E-state index in [1.807, 2.05) is 29.3 Å². The first-order valence-electron chi connectivity index (χ1n) is 4.78. The van der Waals surface area contributed by atoms with Gasteiger partial charge in [0.1, 0.15) is 0 Å². The Labute approximate surface area is 92.1 Å². The van der Waals surface area contributed by atoms with E-state index in [1.54, 1.807) is 0 Å². The van der Waals surface area contributed by atoms with Crippen molar-refractivity contribution in [2.75, 3.05) is 11.5 Å². The third-order valence-corrected chi connectivity index (χ3v) is 4.32. The lowest BCUT2D eigenvalue weighted by molar-refractivity contribution is 0.0943. The molecule has 14 heavy (non-hydrogen) atoms. The van der Waals surface area contributed by atoms with Gasteiger partial charge in [0.2, 0.25) is 0 Å². The molecule has 2 nitrogen and oxygen atoms in total. The zero-order chi connectivity index (χ0) is 9.80. The highest BCUT2D eigenvalue weighted by Gasteiger charge is 2.16. The van der Waals surface area contributed by atoms with Gasteiger partial charge in [-0.05, 0) is 30.0 Å². The van der Waals surface area contributed by atoms with E-state index in [2.05, 4.69) is 5.32 Å². The summed E-state index contributed by atoms with van der Waals surface area (Å²) in [6.07, 6.45) is 2.35. The van der Waals surface area contributed by atoms with Crippen LogP contribution in [0.3, 0.4) is 0 Å². The van der Waals surface area contributed by atoms with E-state index >= 15 is 0 Å². The molecular weight excluding hydrogens is 214 g/mol. The summed E-state index contributed by atoms with van der Waals surface area (Å²) in [7, 11) is 0. The van der Waals surface area contributed by atoms with Crippen molar-refractivity contribution < 1.29 is 4.79 Å². The molecule has 1 aromatic heterocycles. The molecule has 2 rings (SSSR count). The molecule has 0 aliphatic carbocycles. The Morgan fingerprint density at radius 2 is 2.50 bits per heavy atom. The maximum absolute atomic E-state index is 11.7. The summed E-state index contributed by atoms with van der Waals surface area (Å²) in [6.45, 7) is 0. The predicted octanol–water partition coefficient (Wildman–Crippen LogP) is 2.37. The van der Waals surface area contributed by atoms with Crippen molar-refractivity contribution in [1.29, 1.82) is 0 Å². The fraction of sp³-hybridized carbons (Fsp3) is 0.500. The number of nitrogens with one attached hydrogen (secondary N) is 1. The van der Waals surface area contributed by atoms with Gasteiger partial charge in [-0.15, -0.1) is 11.3 Å². The van der Waals surface area contributed by atoms with Crippen LogP contribution in [-0.2, 0) is 0 Å². The molecule has 0 bridgehead atoms. The molecule has 1 aromatic rings. The van der Waals surface area contributed by atoms with Gasteiger partial charge < -0.3 is 5.32 Å². The summed E-state index contributed by atoms with van der Waals surface area (Å²) in [5, 5.41) is 5.01. The van der Waals surface area contributed by atoms with Gasteiger partial charge in [-0.2, -0.15) is 11.8 Å². The Kier molecular flexibility index (Phi) is 3.48. The lowest BCUT2D eigenvalue weighted by Gasteiger charge is -2.21. The Balaban J connectivity index is 1.87. The van der Waals surface area contributed by atoms with Gasteiger partial charge in [0.05, 0.1) is 4.88 Å². The van der Waals surface area contributed by atoms with Crippen molar-refractivity contribution in [3.05, 3.63) is 22.4 Å². The molecule has 1 fully saturated rings. The first-order chi connectivity index (χ1) is 6.86. The molecule has 1 saturated heterocycles. The maximum Gasteiger partial charge on any atom is 0.261 e. The second-order valence-corrected chi connectivity index (χ2v) is 5.46. The molecule has 1 aliphatic rings. The van der Waals surface area contributed by atoms with Crippen LogP contribution < -0.4 is 5.32 Å². The molecule has 0 spiro atoms. The number of carbonyl (C=O) groups excluding carboxylic acids is 1. The van der Waals surface area contributed by atoms with Crippen LogP contribution in [0.25, 0.3) is 0 Å². The van der Waals surface area contributed by atoms with Crippen LogP contribution in [0.4, 0.5) is 0 Å². The molecule has 0 radical (unpaired) electrons. The van der Waals surface area contributed by atoms with Gasteiger partial charge in [-0.1, -0.05) is 6.07 Å². The van der Waals surface area contributed by atoms with Gasteiger partial charge >= 0.3 is 0 Å². The molecule has 1 aliphatic heterocycles. The maximum atomic E-state index is 11.7. The van der Waals surface area contributed by atoms with Gasteiger partial charge in [0.25, 0.3) is 5.91 Å². The number of hydrogen-bond donors (Lipinski definition) is 1. The smallest absolute Gasteiger partial charge is 0.261 e. The molecule has 76 valence electrons. The Hall–Kier alpha value is -0.480. The number of hydrogen-bond acceptors (Lipinski definition) is 3. The topological polar surface area (TPSA) is 29.1 Å². The van der Waals surface area contributed by atoms with Gasteiger partial charge in [-0.25, -0.2) is 0 Å². The standard InChI is InChI=1S/C10H13NOS2/c12-10(9-4-2-6-14-9)11-8-3-1-5-13-7-8/h2,4,6,8H,1,3,5,7H2,(H,11,12). The second kappa shape index (κ2) is 4.84. The molecule has 4 heteroatoms. The average molecular weight is 227 g/mol. The normalized spacial score (nSPS) is 21.9. The Bertz CT molecular complexity index is 291. The molecule has 1 N–H and O–H groups in total. The molecule has 0 saturated carbocycles. The van der Waals surface area contributed by atoms with Gasteiger partial charge in [0.15, 0.2) is 0 Å². The van der Waals surface area contributed by atoms with E-state index in [-0.39, 0.29) is 5.91 Å². The van der Waals surface area contributed by atoms with Crippen molar-refractivity contribution in [1.82, 2.24) is 5.32 Å². The molecular formula is C10H13NOS2. The minimum Gasteiger partial charge on any atom is -0.348 e. The van der Waals surface area contributed by atoms with E-state index < -0.39 is 0 Å². The lowest BCUT2D eigenvalue weighted by Crippen LogP contribution is -2.37. The number of thioether (sulfide) groups is 1. The Morgan fingerprint density at radius 3 is 3.14 bits per heavy atom. The zero-order valence-corrected chi connectivity index (χ0v) is 9.50. The SMILES string of the molecule is O=C(NC1CCCSC1)c1cccs1. The summed E-state index contributed by atoms with van der Waals surface area (Å²) in [4.78, 5) is 12.5. The summed E-state index contributed by atoms with van der Waals surface area (Å²) < 4.78 is 0. The minimum atomic E-state index is 0.0903. The summed E-state index contributed by atoms with van der Waals surface area (Å²) in [5.41, 5.74) is 0. The lowest BCUT2D eigenvalue weighted by atomic mass is 10.2. The summed E-state index contributed by atoms with van der Waals surface area (Å²) >= 11 is 3.43. The van der Waals surface area contributed by atoms with Crippen LogP contribution in [0, 0.1) is 0 Å². The van der Waals surface area contributed by atoms with Crippen molar-refractivity contribution in [3.63, 3.8) is 0 Å². The van der Waals surface area contributed by atoms with Crippen LogP contribution in [0.2, 0.25) is 0 Å². The van der Waals surface area contributed by atoms with Crippen LogP contribution in [-0.4, -0.2) is 23.5 Å². The van der Waals surface area contributed by atoms with Crippen LogP contribution in [0.5, 0.6) is 0 Å². The minimum absolute atomic E-state index is 0.0903. The van der Waals surface area contributed by atoms with Crippen LogP contribution in [0.1, 0.15) is 22.5 Å². The Morgan fingerprint density at radius 1 is 1.57 bits per heavy atom. The molecule has 1 atom stereocenters. The van der Waals surface area contributed by atoms with Crippen molar-refractivity contribution in [3.8, 4) is 0 Å². The monoisotopic (exact) mass is 227 g/mol. The number of rotatable bonds is 2. The fourth-order valence-electron chi connectivity index (χ4n) is 1.52. The molecule has 2 heterocycles. The zero-order valence-electron chi connectivity index (χ0n) is 7.86. The quantitative estimate of drug-likeness (QED) is 0.840. The highest BCUT2D eigenvalue weighted by molar-refractivity contribution is 7.99. The molecule has 1 amide bonds. The van der Waals surface area contributed by atoms with E-state index in [4.69, 9.17) is 0 Å². The van der Waals surface area contributed by atoms with Gasteiger partial charge in [0, 0.05) is 11.8 Å². The van der Waals surface area contributed by atoms with E-state index in [1.165, 1.54) is 23.5 Å². The largest absolute Gasteiger partial charge is 0.348 e. The third-order valence-electron chi connectivity index (χ3n) is 2.24. The van der Waals surface area contributed by atoms with Gasteiger partial charge in [-0.3, -0.25) is 4.79 Å². The van der Waals surface area contributed by atoms with Crippen LogP contribution in [0.15, 0.2) is 17.5 Å². The number of carbonyl (C=O) groups is 1. The number of thiophene rings is 1. The first-order valence-corrected chi connectivity index (χ1v) is 6.82. The van der Waals surface area contributed by atoms with Crippen molar-refractivity contribution >= 4 is 29.0 Å².